The number of thiophene rings is 1. The molecule has 0 aliphatic carbocycles. The summed E-state index contributed by atoms with van der Waals surface area (Å²) in [6.45, 7) is 3.18. The van der Waals surface area contributed by atoms with Gasteiger partial charge in [0.15, 0.2) is 5.82 Å². The van der Waals surface area contributed by atoms with Gasteiger partial charge in [-0.2, -0.15) is 0 Å². The first-order valence-corrected chi connectivity index (χ1v) is 6.71. The van der Waals surface area contributed by atoms with Gasteiger partial charge >= 0.3 is 0 Å². The van der Waals surface area contributed by atoms with Crippen molar-refractivity contribution in [1.82, 2.24) is 9.97 Å². The maximum atomic E-state index is 5.39. The first-order chi connectivity index (χ1) is 9.22. The van der Waals surface area contributed by atoms with E-state index >= 15 is 0 Å². The number of nitrogens with two attached hydrogens (primary N) is 1. The third kappa shape index (κ3) is 3.63. The van der Waals surface area contributed by atoms with Gasteiger partial charge in [-0.1, -0.05) is 0 Å². The molecule has 0 spiro atoms. The number of aryl methyl sites for hydroxylation is 1. The molecule has 0 radical (unpaired) electrons. The molecule has 0 saturated heterocycles. The molecule has 2 heterocycles. The van der Waals surface area contributed by atoms with Gasteiger partial charge in [0.1, 0.15) is 18.2 Å². The molecule has 0 fully saturated rings. The molecule has 0 aliphatic heterocycles. The molecule has 0 aromatic carbocycles. The summed E-state index contributed by atoms with van der Waals surface area (Å²) < 4.78 is 5.03. The summed E-state index contributed by atoms with van der Waals surface area (Å²) in [5, 5.41) is 5.35. The second-order valence-corrected chi connectivity index (χ2v) is 5.01. The van der Waals surface area contributed by atoms with Gasteiger partial charge in [-0.05, 0) is 23.9 Å². The van der Waals surface area contributed by atoms with Gasteiger partial charge in [0, 0.05) is 18.1 Å². The van der Waals surface area contributed by atoms with Crippen molar-refractivity contribution in [3.8, 4) is 0 Å². The number of hydrazine groups is 1. The smallest absolute Gasteiger partial charge is 0.158 e. The lowest BCUT2D eigenvalue weighted by atomic mass is 10.3. The Bertz CT molecular complexity index is 543. The molecule has 0 saturated carbocycles. The minimum Gasteiger partial charge on any atom is -0.377 e. The summed E-state index contributed by atoms with van der Waals surface area (Å²) in [5.41, 5.74) is 3.81. The van der Waals surface area contributed by atoms with Crippen molar-refractivity contribution in [2.75, 3.05) is 17.9 Å². The minimum absolute atomic E-state index is 0.349. The number of ether oxygens (including phenoxy) is 1. The van der Waals surface area contributed by atoms with Crippen LogP contribution in [0.2, 0.25) is 0 Å². The zero-order chi connectivity index (χ0) is 13.7. The van der Waals surface area contributed by atoms with E-state index in [0.717, 1.165) is 12.4 Å². The molecule has 102 valence electrons. The number of nitrogens with one attached hydrogen (secondary N) is 2. The molecule has 6 nitrogen and oxygen atoms in total. The topological polar surface area (TPSA) is 85.1 Å². The van der Waals surface area contributed by atoms with Crippen molar-refractivity contribution < 1.29 is 4.74 Å². The average Bonchev–Trinajstić information content (AvgIpc) is 2.82. The number of nitrogen functional groups attached to an aromatic ring is 1. The Balaban J connectivity index is 2.10. The minimum atomic E-state index is 0.349. The van der Waals surface area contributed by atoms with Crippen LogP contribution >= 0.6 is 11.3 Å². The van der Waals surface area contributed by atoms with Gasteiger partial charge in [-0.3, -0.25) is 0 Å². The van der Waals surface area contributed by atoms with E-state index in [-0.39, 0.29) is 0 Å². The summed E-state index contributed by atoms with van der Waals surface area (Å²) in [6, 6.07) is 3.87. The van der Waals surface area contributed by atoms with Crippen LogP contribution < -0.4 is 16.6 Å². The Kier molecular flexibility index (Phi) is 4.67. The van der Waals surface area contributed by atoms with E-state index in [1.807, 2.05) is 0 Å². The maximum Gasteiger partial charge on any atom is 0.158 e. The number of hydrogen-bond acceptors (Lipinski definition) is 7. The number of anilines is 2. The third-order valence-corrected chi connectivity index (χ3v) is 3.62. The van der Waals surface area contributed by atoms with Crippen LogP contribution in [0.5, 0.6) is 0 Å². The Labute approximate surface area is 116 Å². The standard InChI is InChI=1S/C12H17N5OS/c1-8-3-4-19-9(8)6-14-10-5-11(17-13)16-12(15-10)7-18-2/h3-5H,6-7,13H2,1-2H3,(H2,14,15,16,17). The van der Waals surface area contributed by atoms with E-state index in [0.29, 0.717) is 18.2 Å². The van der Waals surface area contributed by atoms with Crippen LogP contribution in [0, 0.1) is 6.92 Å². The second-order valence-electron chi connectivity index (χ2n) is 4.01. The number of rotatable bonds is 6. The molecule has 2 rings (SSSR count). The predicted octanol–water partition coefficient (Wildman–Crippen LogP) is 1.89. The Hall–Kier alpha value is -1.70. The van der Waals surface area contributed by atoms with E-state index in [2.05, 4.69) is 39.1 Å². The summed E-state index contributed by atoms with van der Waals surface area (Å²) in [4.78, 5) is 9.84. The molecule has 0 atom stereocenters. The van der Waals surface area contributed by atoms with Crippen LogP contribution in [0.3, 0.4) is 0 Å². The molecule has 2 aromatic rings. The molecule has 0 unspecified atom stereocenters. The summed E-state index contributed by atoms with van der Waals surface area (Å²) in [5.74, 6) is 7.27. The highest BCUT2D eigenvalue weighted by atomic mass is 32.1. The molecule has 7 heteroatoms. The van der Waals surface area contributed by atoms with Crippen molar-refractivity contribution in [2.24, 2.45) is 5.84 Å². The first kappa shape index (κ1) is 13.7. The van der Waals surface area contributed by atoms with E-state index in [1.165, 1.54) is 10.4 Å². The molecule has 19 heavy (non-hydrogen) atoms. The van der Waals surface area contributed by atoms with Gasteiger partial charge in [0.05, 0.1) is 6.54 Å². The van der Waals surface area contributed by atoms with Crippen LogP contribution in [-0.4, -0.2) is 17.1 Å². The average molecular weight is 279 g/mol. The second kappa shape index (κ2) is 6.46. The molecular weight excluding hydrogens is 262 g/mol. The van der Waals surface area contributed by atoms with Crippen LogP contribution in [0.15, 0.2) is 17.5 Å². The van der Waals surface area contributed by atoms with Gasteiger partial charge < -0.3 is 15.5 Å². The normalized spacial score (nSPS) is 10.5. The molecule has 2 aromatic heterocycles. The number of nitrogens with zero attached hydrogens (tertiary/aromatic N) is 2. The van der Waals surface area contributed by atoms with Gasteiger partial charge in [0.2, 0.25) is 0 Å². The first-order valence-electron chi connectivity index (χ1n) is 5.83. The van der Waals surface area contributed by atoms with Crippen molar-refractivity contribution >= 4 is 23.0 Å². The van der Waals surface area contributed by atoms with Gasteiger partial charge in [-0.15, -0.1) is 11.3 Å². The number of methoxy groups -OCH3 is 1. The van der Waals surface area contributed by atoms with Crippen LogP contribution in [0.1, 0.15) is 16.3 Å². The zero-order valence-electron chi connectivity index (χ0n) is 10.9. The van der Waals surface area contributed by atoms with E-state index in [9.17, 15) is 0 Å². The van der Waals surface area contributed by atoms with E-state index in [4.69, 9.17) is 10.6 Å². The molecule has 4 N–H and O–H groups in total. The fourth-order valence-electron chi connectivity index (χ4n) is 1.61. The van der Waals surface area contributed by atoms with Gasteiger partial charge in [-0.25, -0.2) is 15.8 Å². The molecule has 0 amide bonds. The Morgan fingerprint density at radius 1 is 1.37 bits per heavy atom. The number of aromatic nitrogens is 2. The Morgan fingerprint density at radius 2 is 2.16 bits per heavy atom. The fourth-order valence-corrected chi connectivity index (χ4v) is 2.46. The van der Waals surface area contributed by atoms with Crippen LogP contribution in [0.4, 0.5) is 11.6 Å². The summed E-state index contributed by atoms with van der Waals surface area (Å²) in [6.07, 6.45) is 0. The zero-order valence-corrected chi connectivity index (χ0v) is 11.8. The van der Waals surface area contributed by atoms with Crippen molar-refractivity contribution in [1.29, 1.82) is 0 Å². The van der Waals surface area contributed by atoms with E-state index < -0.39 is 0 Å². The highest BCUT2D eigenvalue weighted by Crippen LogP contribution is 2.18. The van der Waals surface area contributed by atoms with Crippen LogP contribution in [-0.2, 0) is 17.9 Å². The number of hydrogen-bond donors (Lipinski definition) is 3. The highest BCUT2D eigenvalue weighted by molar-refractivity contribution is 7.10. The predicted molar refractivity (Wildman–Crippen MR) is 76.9 cm³/mol. The Morgan fingerprint density at radius 3 is 2.79 bits per heavy atom. The summed E-state index contributed by atoms with van der Waals surface area (Å²) >= 11 is 1.72. The maximum absolute atomic E-state index is 5.39. The van der Waals surface area contributed by atoms with Gasteiger partial charge in [0.25, 0.3) is 0 Å². The molecular formula is C12H17N5OS. The van der Waals surface area contributed by atoms with E-state index in [1.54, 1.807) is 24.5 Å². The SMILES string of the molecule is COCc1nc(NN)cc(NCc2sccc2C)n1. The third-order valence-electron chi connectivity index (χ3n) is 2.59. The molecule has 0 aliphatic rings. The lowest BCUT2D eigenvalue weighted by Gasteiger charge is -2.09. The lowest BCUT2D eigenvalue weighted by molar-refractivity contribution is 0.178. The quantitative estimate of drug-likeness (QED) is 0.553. The summed E-state index contributed by atoms with van der Waals surface area (Å²) in [7, 11) is 1.61. The lowest BCUT2D eigenvalue weighted by Crippen LogP contribution is -2.12. The van der Waals surface area contributed by atoms with Crippen molar-refractivity contribution in [3.05, 3.63) is 33.8 Å². The van der Waals surface area contributed by atoms with Crippen molar-refractivity contribution in [2.45, 2.75) is 20.1 Å². The highest BCUT2D eigenvalue weighted by Gasteiger charge is 2.05. The fraction of sp³-hybridized carbons (Fsp3) is 0.333. The van der Waals surface area contributed by atoms with Crippen molar-refractivity contribution in [3.63, 3.8) is 0 Å². The monoisotopic (exact) mass is 279 g/mol. The largest absolute Gasteiger partial charge is 0.377 e. The molecule has 0 bridgehead atoms. The van der Waals surface area contributed by atoms with Crippen LogP contribution in [0.25, 0.3) is 0 Å².